The molecule has 2 N–H and O–H groups in total. The van der Waals surface area contributed by atoms with Crippen molar-refractivity contribution in [3.8, 4) is 0 Å². The molecule has 0 spiro atoms. The van der Waals surface area contributed by atoms with Gasteiger partial charge < -0.3 is 15.4 Å². The molecule has 88 valence electrons. The van der Waals surface area contributed by atoms with Crippen LogP contribution < -0.4 is 10.6 Å². The fourth-order valence-electron chi connectivity index (χ4n) is 1.11. The molecule has 1 heterocycles. The molecule has 0 saturated carbocycles. The van der Waals surface area contributed by atoms with E-state index >= 15 is 0 Å². The van der Waals surface area contributed by atoms with E-state index in [9.17, 15) is 4.79 Å². The largest absolute Gasteiger partial charge is 0.469 e. The van der Waals surface area contributed by atoms with Crippen LogP contribution in [0.25, 0.3) is 0 Å². The first-order valence-electron chi connectivity index (χ1n) is 4.60. The highest BCUT2D eigenvalue weighted by atomic mass is 35.5. The quantitative estimate of drug-likeness (QED) is 0.786. The van der Waals surface area contributed by atoms with E-state index in [1.165, 1.54) is 13.4 Å². The zero-order valence-electron chi connectivity index (χ0n) is 9.11. The predicted octanol–water partition coefficient (Wildman–Crippen LogP) is 0.711. The maximum absolute atomic E-state index is 11.0. The number of aromatic nitrogens is 2. The van der Waals surface area contributed by atoms with Crippen LogP contribution >= 0.6 is 11.6 Å². The minimum atomic E-state index is -0.287. The van der Waals surface area contributed by atoms with Gasteiger partial charge >= 0.3 is 5.97 Å². The van der Waals surface area contributed by atoms with Gasteiger partial charge in [-0.05, 0) is 0 Å². The summed E-state index contributed by atoms with van der Waals surface area (Å²) in [4.78, 5) is 20.4. The normalized spacial score (nSPS) is 9.94. The van der Waals surface area contributed by atoms with E-state index in [4.69, 9.17) is 17.3 Å². The van der Waals surface area contributed by atoms with Crippen LogP contribution in [0.1, 0.15) is 6.42 Å². The Kier molecular flexibility index (Phi) is 4.30. The van der Waals surface area contributed by atoms with Crippen LogP contribution in [0.5, 0.6) is 0 Å². The number of anilines is 2. The van der Waals surface area contributed by atoms with Crippen LogP contribution in [0.3, 0.4) is 0 Å². The molecule has 0 aliphatic rings. The monoisotopic (exact) mass is 244 g/mol. The van der Waals surface area contributed by atoms with E-state index in [-0.39, 0.29) is 23.2 Å². The molecule has 1 aromatic heterocycles. The number of carbonyl (C=O) groups is 1. The molecule has 1 rings (SSSR count). The van der Waals surface area contributed by atoms with Crippen molar-refractivity contribution in [1.29, 1.82) is 0 Å². The van der Waals surface area contributed by atoms with Gasteiger partial charge in [-0.3, -0.25) is 4.79 Å². The molecule has 0 radical (unpaired) electrons. The summed E-state index contributed by atoms with van der Waals surface area (Å²) in [5.74, 6) is 0.430. The van der Waals surface area contributed by atoms with Gasteiger partial charge in [0.05, 0.1) is 13.5 Å². The van der Waals surface area contributed by atoms with Gasteiger partial charge in [0, 0.05) is 13.6 Å². The maximum atomic E-state index is 11.0. The first-order valence-corrected chi connectivity index (χ1v) is 4.98. The fourth-order valence-corrected chi connectivity index (χ4v) is 1.35. The molecule has 0 amide bonds. The van der Waals surface area contributed by atoms with Crippen molar-refractivity contribution in [2.75, 3.05) is 31.3 Å². The lowest BCUT2D eigenvalue weighted by molar-refractivity contribution is -0.140. The van der Waals surface area contributed by atoms with E-state index in [1.807, 2.05) is 0 Å². The van der Waals surface area contributed by atoms with E-state index in [0.29, 0.717) is 12.4 Å². The van der Waals surface area contributed by atoms with Gasteiger partial charge in [0.15, 0.2) is 5.82 Å². The molecule has 0 bridgehead atoms. The van der Waals surface area contributed by atoms with Gasteiger partial charge in [0.2, 0.25) is 0 Å². The first kappa shape index (κ1) is 12.5. The summed E-state index contributed by atoms with van der Waals surface area (Å²) < 4.78 is 4.53. The standard InChI is InChI=1S/C9H13ClN4O2/c1-14(4-3-6(15)16-2)9-7(10)8(11)12-5-13-9/h5H,3-4H2,1-2H3,(H2,11,12,13). The van der Waals surface area contributed by atoms with E-state index in [1.54, 1.807) is 11.9 Å². The summed E-state index contributed by atoms with van der Waals surface area (Å²) in [5.41, 5.74) is 5.54. The SMILES string of the molecule is COC(=O)CCN(C)c1ncnc(N)c1Cl. The number of rotatable bonds is 4. The number of halogens is 1. The Balaban J connectivity index is 2.69. The summed E-state index contributed by atoms with van der Waals surface area (Å²) in [7, 11) is 3.11. The number of hydrogen-bond acceptors (Lipinski definition) is 6. The Morgan fingerprint density at radius 1 is 1.62 bits per heavy atom. The van der Waals surface area contributed by atoms with Crippen molar-refractivity contribution in [2.45, 2.75) is 6.42 Å². The second kappa shape index (κ2) is 5.50. The molecule has 0 aliphatic carbocycles. The zero-order valence-corrected chi connectivity index (χ0v) is 9.86. The second-order valence-electron chi connectivity index (χ2n) is 3.14. The molecule has 7 heteroatoms. The highest BCUT2D eigenvalue weighted by molar-refractivity contribution is 6.35. The Morgan fingerprint density at radius 3 is 2.94 bits per heavy atom. The van der Waals surface area contributed by atoms with E-state index in [2.05, 4.69) is 14.7 Å². The minimum absolute atomic E-state index is 0.219. The van der Waals surface area contributed by atoms with E-state index in [0.717, 1.165) is 0 Å². The molecule has 0 atom stereocenters. The predicted molar refractivity (Wildman–Crippen MR) is 61.4 cm³/mol. The topological polar surface area (TPSA) is 81.3 Å². The van der Waals surface area contributed by atoms with Gasteiger partial charge in [0.1, 0.15) is 17.2 Å². The van der Waals surface area contributed by atoms with Crippen molar-refractivity contribution >= 4 is 29.2 Å². The number of nitrogen functional groups attached to an aromatic ring is 1. The van der Waals surface area contributed by atoms with Crippen LogP contribution in [0.15, 0.2) is 6.33 Å². The first-order chi connectivity index (χ1) is 7.56. The zero-order chi connectivity index (χ0) is 12.1. The smallest absolute Gasteiger partial charge is 0.307 e. The highest BCUT2D eigenvalue weighted by Crippen LogP contribution is 2.25. The van der Waals surface area contributed by atoms with Gasteiger partial charge in [0.25, 0.3) is 0 Å². The van der Waals surface area contributed by atoms with Crippen molar-refractivity contribution in [2.24, 2.45) is 0 Å². The molecule has 6 nitrogen and oxygen atoms in total. The Morgan fingerprint density at radius 2 is 2.31 bits per heavy atom. The molecular formula is C9H13ClN4O2. The summed E-state index contributed by atoms with van der Waals surface area (Å²) in [5, 5.41) is 0.287. The number of hydrogen-bond donors (Lipinski definition) is 1. The number of esters is 1. The number of carbonyl (C=O) groups excluding carboxylic acids is 1. The lowest BCUT2D eigenvalue weighted by Gasteiger charge is -2.18. The van der Waals surface area contributed by atoms with Crippen LogP contribution in [0.2, 0.25) is 5.02 Å². The maximum Gasteiger partial charge on any atom is 0.307 e. The second-order valence-corrected chi connectivity index (χ2v) is 3.52. The number of ether oxygens (including phenoxy) is 1. The molecule has 0 aliphatic heterocycles. The Labute approximate surface area is 98.4 Å². The number of nitrogens with two attached hydrogens (primary N) is 1. The van der Waals surface area contributed by atoms with Gasteiger partial charge in [-0.25, -0.2) is 9.97 Å². The van der Waals surface area contributed by atoms with E-state index < -0.39 is 0 Å². The molecule has 0 fully saturated rings. The summed E-state index contributed by atoms with van der Waals surface area (Å²) in [6, 6.07) is 0. The van der Waals surface area contributed by atoms with Crippen molar-refractivity contribution in [3.05, 3.63) is 11.3 Å². The molecule has 16 heavy (non-hydrogen) atoms. The molecule has 1 aromatic rings. The van der Waals surface area contributed by atoms with Crippen LogP contribution in [-0.4, -0.2) is 36.6 Å². The minimum Gasteiger partial charge on any atom is -0.469 e. The Bertz CT molecular complexity index is 386. The molecular weight excluding hydrogens is 232 g/mol. The number of methoxy groups -OCH3 is 1. The third-order valence-corrected chi connectivity index (χ3v) is 2.40. The lowest BCUT2D eigenvalue weighted by atomic mass is 10.4. The van der Waals surface area contributed by atoms with Crippen LogP contribution in [-0.2, 0) is 9.53 Å². The average Bonchev–Trinajstić information content (AvgIpc) is 2.29. The van der Waals surface area contributed by atoms with Crippen molar-refractivity contribution < 1.29 is 9.53 Å². The molecule has 0 aromatic carbocycles. The Hall–Kier alpha value is -1.56. The lowest BCUT2D eigenvalue weighted by Crippen LogP contribution is -2.23. The molecule has 0 saturated heterocycles. The third kappa shape index (κ3) is 2.96. The summed E-state index contributed by atoms with van der Waals surface area (Å²) >= 11 is 5.93. The average molecular weight is 245 g/mol. The van der Waals surface area contributed by atoms with Crippen LogP contribution in [0.4, 0.5) is 11.6 Å². The molecule has 0 unspecified atom stereocenters. The van der Waals surface area contributed by atoms with Crippen LogP contribution in [0, 0.1) is 0 Å². The summed E-state index contributed by atoms with van der Waals surface area (Å²) in [6.07, 6.45) is 1.58. The van der Waals surface area contributed by atoms with Gasteiger partial charge in [-0.15, -0.1) is 0 Å². The fraction of sp³-hybridized carbons (Fsp3) is 0.444. The van der Waals surface area contributed by atoms with Crippen molar-refractivity contribution in [1.82, 2.24) is 9.97 Å². The third-order valence-electron chi connectivity index (χ3n) is 2.04. The highest BCUT2D eigenvalue weighted by Gasteiger charge is 2.12. The van der Waals surface area contributed by atoms with Crippen molar-refractivity contribution in [3.63, 3.8) is 0 Å². The number of nitrogens with zero attached hydrogens (tertiary/aromatic N) is 3. The summed E-state index contributed by atoms with van der Waals surface area (Å²) in [6.45, 7) is 0.447. The van der Waals surface area contributed by atoms with Gasteiger partial charge in [-0.2, -0.15) is 0 Å². The van der Waals surface area contributed by atoms with Gasteiger partial charge in [-0.1, -0.05) is 11.6 Å².